The Labute approximate surface area is 535 Å². The fourth-order valence-corrected chi connectivity index (χ4v) is 20.4. The molecule has 8 amide bonds. The number of fused-ring (bicyclic) bond motifs is 2. The fraction of sp³-hybridized carbons (Fsp3) is 0.162. The molecule has 0 spiro atoms. The summed E-state index contributed by atoms with van der Waals surface area (Å²) in [7, 11) is -4.34. The van der Waals surface area contributed by atoms with Crippen molar-refractivity contribution in [1.29, 1.82) is 0 Å². The normalized spacial score (nSPS) is 18.1. The van der Waals surface area contributed by atoms with Crippen molar-refractivity contribution in [3.05, 3.63) is 309 Å². The summed E-state index contributed by atoms with van der Waals surface area (Å²) in [5, 5.41) is 19.8. The number of hydrogen-bond acceptors (Lipinski definition) is 8. The van der Waals surface area contributed by atoms with E-state index in [9.17, 15) is 0 Å². The maximum atomic E-state index is 15.4. The van der Waals surface area contributed by atoms with Gasteiger partial charge in [0.25, 0.3) is 23.6 Å². The first-order valence-corrected chi connectivity index (χ1v) is 33.6. The zero-order valence-corrected chi connectivity index (χ0v) is 51.8. The molecule has 4 heterocycles. The lowest BCUT2D eigenvalue weighted by atomic mass is 10.0. The minimum atomic E-state index is -2.17. The average molecular weight is 1260 g/mol. The zero-order valence-electron chi connectivity index (χ0n) is 50.0. The number of carbonyl (C=O) groups is 8. The van der Waals surface area contributed by atoms with Crippen LogP contribution in [0.5, 0.6) is 0 Å². The van der Waals surface area contributed by atoms with E-state index in [1.54, 1.807) is 72.8 Å². The standard InChI is InChI=1S/C74H64N8O8P2/c83-63-41-42-64(84)80-72(58-36-18-14-32-54(58)68(88)76-46-50-25-7-2-8-26-50)91(71(79(63)80)57-35-17-13-31-53(57)67(87)75-45-49-23-5-1-6-24-49)61-39-21-22-40-62(61)92-73(59-37-19-15-33-55(59)69(89)77-47-51-27-9-3-10-28-51)81-65(85)43-44-66(86)82(81)74(92)60-38-20-16-34-56(60)70(90)78-48-52-29-11-4-12-30-52/h1-40,71-74H,41-48H2,(H,75,87)(H,76,88)(H,77,89)(H,78,90)/t71-,72-,73-,74-/m1/s1. The highest BCUT2D eigenvalue weighted by Gasteiger charge is 2.60. The monoisotopic (exact) mass is 1250 g/mol. The molecule has 4 aliphatic heterocycles. The number of hydrogen-bond donors (Lipinski definition) is 4. The van der Waals surface area contributed by atoms with E-state index in [0.717, 1.165) is 22.3 Å². The van der Waals surface area contributed by atoms with E-state index >= 15 is 38.4 Å². The number of benzene rings is 9. The summed E-state index contributed by atoms with van der Waals surface area (Å²) in [5.41, 5.74) is 6.24. The predicted molar refractivity (Wildman–Crippen MR) is 353 cm³/mol. The summed E-state index contributed by atoms with van der Waals surface area (Å²) < 4.78 is 0. The molecule has 4 atom stereocenters. The highest BCUT2D eigenvalue weighted by atomic mass is 31.1. The molecule has 9 aromatic carbocycles. The van der Waals surface area contributed by atoms with Crippen molar-refractivity contribution in [3.8, 4) is 0 Å². The van der Waals surface area contributed by atoms with Crippen molar-refractivity contribution in [1.82, 2.24) is 41.3 Å². The molecule has 9 aromatic rings. The molecule has 4 fully saturated rings. The molecule has 0 saturated carbocycles. The Kier molecular flexibility index (Phi) is 17.7. The van der Waals surface area contributed by atoms with Crippen LogP contribution in [0.1, 0.15) is 135 Å². The van der Waals surface area contributed by atoms with E-state index in [2.05, 4.69) is 21.3 Å². The van der Waals surface area contributed by atoms with Gasteiger partial charge in [0.15, 0.2) is 0 Å². The second-order valence-corrected chi connectivity index (χ2v) is 27.3. The topological polar surface area (TPSA) is 198 Å². The fourth-order valence-electron chi connectivity index (χ4n) is 12.9. The number of nitrogens with zero attached hydrogens (tertiary/aromatic N) is 4. The SMILES string of the molecule is O=C(NCc1ccccc1)c1ccccc1[C@@H]1N2C(=O)CCC(=O)N2[C@@H](c2ccccc2C(=O)NCc2ccccc2)P1c1ccccc1P1[C@H](c2ccccc2C(=O)NCc2ccccc2)N2C(=O)CCC(=O)N2[C@H]1c1ccccc1C(=O)NCc1ccccc1. The quantitative estimate of drug-likeness (QED) is 0.0609. The van der Waals surface area contributed by atoms with Crippen LogP contribution in [0.25, 0.3) is 0 Å². The van der Waals surface area contributed by atoms with Gasteiger partial charge in [0.2, 0.25) is 23.6 Å². The van der Waals surface area contributed by atoms with Crippen LogP contribution < -0.4 is 31.9 Å². The Balaban J connectivity index is 1.05. The Morgan fingerprint density at radius 2 is 0.478 bits per heavy atom. The average Bonchev–Trinajstić information content (AvgIpc) is 1.55. The van der Waals surface area contributed by atoms with Gasteiger partial charge in [0.1, 0.15) is 23.1 Å². The Morgan fingerprint density at radius 1 is 0.283 bits per heavy atom. The molecule has 0 unspecified atom stereocenters. The molecular weight excluding hydrogens is 1190 g/mol. The summed E-state index contributed by atoms with van der Waals surface area (Å²) in [6, 6.07) is 74.0. The van der Waals surface area contributed by atoms with Gasteiger partial charge in [-0.15, -0.1) is 0 Å². The second kappa shape index (κ2) is 27.0. The number of carbonyl (C=O) groups excluding carboxylic acids is 8. The van der Waals surface area contributed by atoms with Crippen LogP contribution in [0.15, 0.2) is 243 Å². The first-order chi connectivity index (χ1) is 45.0. The molecule has 16 nitrogen and oxygen atoms in total. The van der Waals surface area contributed by atoms with Crippen LogP contribution in [-0.2, 0) is 45.4 Å². The minimum absolute atomic E-state index is 0.137. The second-order valence-electron chi connectivity index (χ2n) is 22.8. The van der Waals surface area contributed by atoms with E-state index < -0.39 is 62.6 Å². The van der Waals surface area contributed by atoms with Crippen LogP contribution in [0.3, 0.4) is 0 Å². The van der Waals surface area contributed by atoms with E-state index in [4.69, 9.17) is 0 Å². The van der Waals surface area contributed by atoms with Crippen molar-refractivity contribution >= 4 is 73.7 Å². The first kappa shape index (κ1) is 60.5. The van der Waals surface area contributed by atoms with Gasteiger partial charge in [0.05, 0.1) is 0 Å². The number of rotatable bonds is 18. The molecule has 18 heteroatoms. The van der Waals surface area contributed by atoms with E-state index in [0.29, 0.717) is 32.9 Å². The summed E-state index contributed by atoms with van der Waals surface area (Å²) in [5.74, 6) is -7.48. The third-order valence-corrected chi connectivity index (χ3v) is 23.3. The molecule has 0 aromatic heterocycles. The summed E-state index contributed by atoms with van der Waals surface area (Å²) >= 11 is 0. The smallest absolute Gasteiger partial charge is 0.251 e. The van der Waals surface area contributed by atoms with Crippen LogP contribution >= 0.6 is 15.8 Å². The van der Waals surface area contributed by atoms with Crippen LogP contribution in [0.4, 0.5) is 0 Å². The Hall–Kier alpha value is -10.4. The van der Waals surface area contributed by atoms with Crippen LogP contribution in [0.2, 0.25) is 0 Å². The lowest BCUT2D eigenvalue weighted by molar-refractivity contribution is -0.171. The first-order valence-electron chi connectivity index (χ1n) is 30.6. The molecule has 4 aliphatic rings. The van der Waals surface area contributed by atoms with Crippen LogP contribution in [-0.4, -0.2) is 67.3 Å². The summed E-state index contributed by atoms with van der Waals surface area (Å²) in [4.78, 5) is 122. The summed E-state index contributed by atoms with van der Waals surface area (Å²) in [6.07, 6.45) is -0.547. The van der Waals surface area contributed by atoms with Crippen molar-refractivity contribution in [2.45, 2.75) is 75.0 Å². The van der Waals surface area contributed by atoms with Gasteiger partial charge >= 0.3 is 0 Å². The van der Waals surface area contributed by atoms with Crippen molar-refractivity contribution in [3.63, 3.8) is 0 Å². The van der Waals surface area contributed by atoms with Gasteiger partial charge in [0, 0.05) is 74.1 Å². The third-order valence-electron chi connectivity index (χ3n) is 17.1. The lowest BCUT2D eigenvalue weighted by Crippen LogP contribution is -2.50. The summed E-state index contributed by atoms with van der Waals surface area (Å²) in [6.45, 7) is 0.749. The number of nitrogens with one attached hydrogen (secondary N) is 4. The molecule has 0 bridgehead atoms. The molecule has 4 saturated heterocycles. The lowest BCUT2D eigenvalue weighted by Gasteiger charge is -2.38. The zero-order chi connectivity index (χ0) is 63.2. The van der Waals surface area contributed by atoms with Gasteiger partial charge in [-0.3, -0.25) is 38.4 Å². The maximum absolute atomic E-state index is 15.4. The molecule has 458 valence electrons. The van der Waals surface area contributed by atoms with Gasteiger partial charge in [-0.1, -0.05) is 218 Å². The highest BCUT2D eigenvalue weighted by molar-refractivity contribution is 7.73. The molecule has 4 N–H and O–H groups in total. The van der Waals surface area contributed by atoms with Crippen molar-refractivity contribution < 1.29 is 38.4 Å². The van der Waals surface area contributed by atoms with E-state index in [-0.39, 0.29) is 97.7 Å². The molecule has 13 rings (SSSR count). The van der Waals surface area contributed by atoms with Gasteiger partial charge < -0.3 is 21.3 Å². The maximum Gasteiger partial charge on any atom is 0.251 e. The Bertz CT molecular complexity index is 3770. The van der Waals surface area contributed by atoms with E-state index in [1.165, 1.54) is 20.0 Å². The minimum Gasteiger partial charge on any atom is -0.348 e. The molecule has 92 heavy (non-hydrogen) atoms. The van der Waals surface area contributed by atoms with Gasteiger partial charge in [-0.05, 0) is 95.2 Å². The van der Waals surface area contributed by atoms with Crippen molar-refractivity contribution in [2.24, 2.45) is 0 Å². The van der Waals surface area contributed by atoms with E-state index in [1.807, 2.05) is 170 Å². The largest absolute Gasteiger partial charge is 0.348 e. The predicted octanol–water partition coefficient (Wildman–Crippen LogP) is 11.2. The molecular formula is C74H64N8O8P2. The Morgan fingerprint density at radius 3 is 0.707 bits per heavy atom. The highest BCUT2D eigenvalue weighted by Crippen LogP contribution is 2.74. The van der Waals surface area contributed by atoms with Crippen LogP contribution in [0, 0.1) is 0 Å². The number of hydrazine groups is 2. The van der Waals surface area contributed by atoms with Crippen molar-refractivity contribution in [2.75, 3.05) is 0 Å². The van der Waals surface area contributed by atoms with Gasteiger partial charge in [-0.25, -0.2) is 20.0 Å². The molecule has 0 aliphatic carbocycles. The van der Waals surface area contributed by atoms with Gasteiger partial charge in [-0.2, -0.15) is 0 Å². The number of amides is 8. The molecule has 0 radical (unpaired) electrons. The third kappa shape index (κ3) is 12.0.